The zero-order valence-corrected chi connectivity index (χ0v) is 14.0. The number of hydrogen-bond acceptors (Lipinski definition) is 9. The van der Waals surface area contributed by atoms with Crippen molar-refractivity contribution in [3.05, 3.63) is 0 Å². The summed E-state index contributed by atoms with van der Waals surface area (Å²) in [6, 6.07) is 0. The summed E-state index contributed by atoms with van der Waals surface area (Å²) < 4.78 is 45.0. The highest BCUT2D eigenvalue weighted by molar-refractivity contribution is 7.47. The molecule has 9 N–H and O–H groups in total. The van der Waals surface area contributed by atoms with E-state index in [1.165, 1.54) is 0 Å². The van der Waals surface area contributed by atoms with Crippen LogP contribution in [-0.4, -0.2) is 81.3 Å². The Balaban J connectivity index is 3.32. The van der Waals surface area contributed by atoms with E-state index in [9.17, 15) is 29.0 Å². The Morgan fingerprint density at radius 3 is 1.00 bits per heavy atom. The zero-order chi connectivity index (χ0) is 19.1. The smallest absolute Gasteiger partial charge is 0.387 e. The van der Waals surface area contributed by atoms with Crippen LogP contribution in [0.3, 0.4) is 0 Å². The van der Waals surface area contributed by atoms with Crippen molar-refractivity contribution in [2.24, 2.45) is 0 Å². The van der Waals surface area contributed by atoms with E-state index in [1.807, 2.05) is 0 Å². The van der Waals surface area contributed by atoms with Crippen molar-refractivity contribution in [2.45, 2.75) is 36.6 Å². The highest BCUT2D eigenvalue weighted by Gasteiger charge is 2.56. The molecule has 1 rings (SSSR count). The molecule has 144 valence electrons. The second kappa shape index (κ2) is 7.45. The van der Waals surface area contributed by atoms with Gasteiger partial charge in [0.15, 0.2) is 0 Å². The van der Waals surface area contributed by atoms with Gasteiger partial charge in [0.25, 0.3) is 0 Å². The number of phosphoric ester groups is 3. The van der Waals surface area contributed by atoms with E-state index in [2.05, 4.69) is 13.6 Å². The molecule has 24 heavy (non-hydrogen) atoms. The summed E-state index contributed by atoms with van der Waals surface area (Å²) in [5.41, 5.74) is 0. The van der Waals surface area contributed by atoms with Crippen LogP contribution in [0, 0.1) is 0 Å². The summed E-state index contributed by atoms with van der Waals surface area (Å²) in [6.07, 6.45) is -14.3. The minimum absolute atomic E-state index is 2.31. The van der Waals surface area contributed by atoms with E-state index in [4.69, 9.17) is 29.4 Å². The number of aliphatic hydroxyl groups excluding tert-OH is 3. The van der Waals surface area contributed by atoms with E-state index < -0.39 is 60.1 Å². The summed E-state index contributed by atoms with van der Waals surface area (Å²) in [5.74, 6) is 0. The lowest BCUT2D eigenvalue weighted by atomic mass is 9.85. The van der Waals surface area contributed by atoms with Crippen molar-refractivity contribution in [1.29, 1.82) is 0 Å². The Morgan fingerprint density at radius 2 is 0.750 bits per heavy atom. The van der Waals surface area contributed by atoms with Crippen LogP contribution in [0.1, 0.15) is 0 Å². The van der Waals surface area contributed by atoms with Crippen LogP contribution < -0.4 is 0 Å². The highest BCUT2D eigenvalue weighted by Crippen LogP contribution is 2.50. The predicted octanol–water partition coefficient (Wildman–Crippen LogP) is -3.48. The second-order valence-corrected chi connectivity index (χ2v) is 8.23. The summed E-state index contributed by atoms with van der Waals surface area (Å²) in [4.78, 5) is 52.7. The van der Waals surface area contributed by atoms with Gasteiger partial charge >= 0.3 is 23.5 Å². The molecule has 0 spiro atoms. The maximum atomic E-state index is 11.0. The molecule has 0 unspecified atom stereocenters. The third-order valence-corrected chi connectivity index (χ3v) is 4.35. The van der Waals surface area contributed by atoms with E-state index in [0.717, 1.165) is 0 Å². The third-order valence-electron chi connectivity index (χ3n) is 2.80. The van der Waals surface area contributed by atoms with Crippen molar-refractivity contribution in [3.8, 4) is 0 Å². The molecule has 1 saturated carbocycles. The topological polar surface area (TPSA) is 261 Å². The standard InChI is InChI=1S/C6H15O15P3/c7-1-2(8)4(19-22(10,11)12)6(21-24(16,17)18)5(3(1)9)20-23(13,14)15/h1-9H,(H2,10,11,12)(H2,13,14,15)(H2,16,17,18)/t1-,2-,3+,4-,5-,6-/m1/s1. The average Bonchev–Trinajstić information content (AvgIpc) is 2.32. The Labute approximate surface area is 133 Å². The SMILES string of the molecule is O=P(O)(O)O[C@@H]1[C@H](OP(=O)(O)O)[C@H](O)[C@@H](O)[C@H](O)[C@H]1OP(=O)(O)O. The molecular weight excluding hydrogens is 405 g/mol. The fraction of sp³-hybridized carbons (Fsp3) is 1.00. The first-order valence-corrected chi connectivity index (χ1v) is 10.4. The zero-order valence-electron chi connectivity index (χ0n) is 11.3. The largest absolute Gasteiger partial charge is 0.470 e. The first-order chi connectivity index (χ1) is 10.5. The molecule has 0 aromatic carbocycles. The second-order valence-electron chi connectivity index (χ2n) is 4.65. The fourth-order valence-electron chi connectivity index (χ4n) is 2.01. The van der Waals surface area contributed by atoms with Crippen LogP contribution in [0.2, 0.25) is 0 Å². The van der Waals surface area contributed by atoms with Crippen molar-refractivity contribution in [2.75, 3.05) is 0 Å². The van der Waals surface area contributed by atoms with Gasteiger partial charge < -0.3 is 44.7 Å². The molecule has 0 heterocycles. The van der Waals surface area contributed by atoms with Gasteiger partial charge in [-0.1, -0.05) is 0 Å². The maximum Gasteiger partial charge on any atom is 0.470 e. The molecule has 0 bridgehead atoms. The highest BCUT2D eigenvalue weighted by atomic mass is 31.2. The van der Waals surface area contributed by atoms with E-state index in [-0.39, 0.29) is 0 Å². The van der Waals surface area contributed by atoms with Crippen LogP contribution in [0.4, 0.5) is 0 Å². The van der Waals surface area contributed by atoms with Crippen LogP contribution in [0.5, 0.6) is 0 Å². The van der Waals surface area contributed by atoms with Crippen LogP contribution >= 0.6 is 23.5 Å². The number of phosphoric acid groups is 3. The molecule has 18 heteroatoms. The molecule has 0 radical (unpaired) electrons. The average molecular weight is 420 g/mol. The van der Waals surface area contributed by atoms with E-state index in [1.54, 1.807) is 0 Å². The van der Waals surface area contributed by atoms with Crippen molar-refractivity contribution in [1.82, 2.24) is 0 Å². The molecular formula is C6H15O15P3. The first-order valence-electron chi connectivity index (χ1n) is 5.78. The molecule has 15 nitrogen and oxygen atoms in total. The minimum Gasteiger partial charge on any atom is -0.387 e. The van der Waals surface area contributed by atoms with Gasteiger partial charge in [-0.3, -0.25) is 13.6 Å². The van der Waals surface area contributed by atoms with Gasteiger partial charge in [0.1, 0.15) is 36.6 Å². The van der Waals surface area contributed by atoms with Crippen molar-refractivity contribution < 1.29 is 71.9 Å². The van der Waals surface area contributed by atoms with E-state index in [0.29, 0.717) is 0 Å². The molecule has 1 aliphatic rings. The molecule has 0 amide bonds. The number of hydrogen-bond donors (Lipinski definition) is 9. The normalized spacial score (nSPS) is 35.9. The monoisotopic (exact) mass is 420 g/mol. The van der Waals surface area contributed by atoms with Crippen LogP contribution in [0.15, 0.2) is 0 Å². The summed E-state index contributed by atoms with van der Waals surface area (Å²) in [5, 5.41) is 29.0. The van der Waals surface area contributed by atoms with Crippen LogP contribution in [-0.2, 0) is 27.3 Å². The van der Waals surface area contributed by atoms with Gasteiger partial charge in [0.05, 0.1) is 0 Å². The number of aliphatic hydroxyl groups is 3. The Bertz CT molecular complexity index is 536. The summed E-state index contributed by atoms with van der Waals surface area (Å²) in [7, 11) is -16.3. The Hall–Kier alpha value is 0.210. The van der Waals surface area contributed by atoms with Gasteiger partial charge in [-0.2, -0.15) is 0 Å². The lowest BCUT2D eigenvalue weighted by Gasteiger charge is -2.44. The van der Waals surface area contributed by atoms with Gasteiger partial charge in [0.2, 0.25) is 0 Å². The summed E-state index contributed by atoms with van der Waals surface area (Å²) in [6.45, 7) is 0. The van der Waals surface area contributed by atoms with Gasteiger partial charge in [-0.25, -0.2) is 13.7 Å². The quantitative estimate of drug-likeness (QED) is 0.189. The molecule has 6 atom stereocenters. The predicted molar refractivity (Wildman–Crippen MR) is 68.8 cm³/mol. The van der Waals surface area contributed by atoms with Gasteiger partial charge in [0, 0.05) is 0 Å². The number of rotatable bonds is 6. The van der Waals surface area contributed by atoms with Crippen molar-refractivity contribution in [3.63, 3.8) is 0 Å². The third kappa shape index (κ3) is 6.50. The molecule has 0 aromatic rings. The fourth-order valence-corrected chi connectivity index (χ4v) is 3.69. The molecule has 0 saturated heterocycles. The Kier molecular flexibility index (Phi) is 6.90. The van der Waals surface area contributed by atoms with E-state index >= 15 is 0 Å². The van der Waals surface area contributed by atoms with Crippen molar-refractivity contribution >= 4 is 23.5 Å². The Morgan fingerprint density at radius 1 is 0.500 bits per heavy atom. The van der Waals surface area contributed by atoms with Gasteiger partial charge in [-0.05, 0) is 0 Å². The lowest BCUT2D eigenvalue weighted by Crippen LogP contribution is -2.65. The molecule has 1 fully saturated rings. The lowest BCUT2D eigenvalue weighted by molar-refractivity contribution is -0.212. The van der Waals surface area contributed by atoms with Gasteiger partial charge in [-0.15, -0.1) is 0 Å². The molecule has 0 aliphatic heterocycles. The molecule has 0 aromatic heterocycles. The summed E-state index contributed by atoms with van der Waals surface area (Å²) >= 11 is 0. The molecule has 1 aliphatic carbocycles. The van der Waals surface area contributed by atoms with Crippen LogP contribution in [0.25, 0.3) is 0 Å². The first kappa shape index (κ1) is 22.3. The minimum atomic E-state index is -5.48. The maximum absolute atomic E-state index is 11.0.